The normalized spacial score (nSPS) is 24.6. The van der Waals surface area contributed by atoms with Crippen molar-refractivity contribution in [3.8, 4) is 0 Å². The zero-order chi connectivity index (χ0) is 29.1. The molecule has 0 spiro atoms. The van der Waals surface area contributed by atoms with E-state index in [-0.39, 0.29) is 29.7 Å². The number of rotatable bonds is 12. The Morgan fingerprint density at radius 2 is 0.897 bits per heavy atom. The van der Waals surface area contributed by atoms with E-state index in [0.717, 1.165) is 89.9 Å². The monoisotopic (exact) mass is 550 g/mol. The van der Waals surface area contributed by atoms with Crippen LogP contribution in [0.4, 0.5) is 9.59 Å². The minimum Gasteiger partial charge on any atom is -0.450 e. The molecule has 0 heterocycles. The Labute approximate surface area is 240 Å². The van der Waals surface area contributed by atoms with Gasteiger partial charge in [0.1, 0.15) is 0 Å². The molecule has 6 heteroatoms. The highest BCUT2D eigenvalue weighted by Crippen LogP contribution is 2.48. The molecule has 2 N–H and O–H groups in total. The summed E-state index contributed by atoms with van der Waals surface area (Å²) in [6.45, 7) is 19.4. The van der Waals surface area contributed by atoms with Crippen LogP contribution in [0.1, 0.15) is 145 Å². The lowest BCUT2D eigenvalue weighted by Gasteiger charge is -2.46. The maximum absolute atomic E-state index is 12.3. The van der Waals surface area contributed by atoms with Crippen molar-refractivity contribution in [1.29, 1.82) is 0 Å². The van der Waals surface area contributed by atoms with Crippen molar-refractivity contribution in [2.45, 2.75) is 157 Å². The van der Waals surface area contributed by atoms with Crippen LogP contribution in [0.15, 0.2) is 0 Å². The summed E-state index contributed by atoms with van der Waals surface area (Å²) in [5.41, 5.74) is 0.950. The van der Waals surface area contributed by atoms with Gasteiger partial charge in [-0.1, -0.05) is 55.4 Å². The number of ether oxygens (including phenoxy) is 2. The number of nitrogens with one attached hydrogen (secondary N) is 2. The summed E-state index contributed by atoms with van der Waals surface area (Å²) < 4.78 is 10.9. The predicted molar refractivity (Wildman–Crippen MR) is 161 cm³/mol. The van der Waals surface area contributed by atoms with Crippen molar-refractivity contribution >= 4 is 12.2 Å². The summed E-state index contributed by atoms with van der Waals surface area (Å²) in [4.78, 5) is 24.5. The van der Waals surface area contributed by atoms with Crippen molar-refractivity contribution in [2.24, 2.45) is 28.1 Å². The van der Waals surface area contributed by atoms with E-state index >= 15 is 0 Å². The molecule has 0 bridgehead atoms. The molecule has 0 aromatic heterocycles. The van der Waals surface area contributed by atoms with Crippen LogP contribution in [-0.4, -0.2) is 37.5 Å². The molecule has 2 rings (SSSR count). The number of hydrogen-bond donors (Lipinski definition) is 2. The highest BCUT2D eigenvalue weighted by Gasteiger charge is 2.40. The third kappa shape index (κ3) is 13.6. The fourth-order valence-corrected chi connectivity index (χ4v) is 6.56. The molecule has 0 aliphatic heterocycles. The minimum absolute atomic E-state index is 0.235. The van der Waals surface area contributed by atoms with Gasteiger partial charge in [0, 0.05) is 12.1 Å². The van der Waals surface area contributed by atoms with Gasteiger partial charge in [-0.15, -0.1) is 0 Å². The summed E-state index contributed by atoms with van der Waals surface area (Å²) in [5.74, 6) is 1.35. The van der Waals surface area contributed by atoms with Gasteiger partial charge < -0.3 is 20.1 Å². The molecule has 0 atom stereocenters. The second-order valence-corrected chi connectivity index (χ2v) is 15.5. The van der Waals surface area contributed by atoms with Crippen molar-refractivity contribution in [2.75, 3.05) is 13.2 Å². The molecule has 228 valence electrons. The average Bonchev–Trinajstić information content (AvgIpc) is 2.83. The summed E-state index contributed by atoms with van der Waals surface area (Å²) in [5, 5.41) is 6.23. The van der Waals surface area contributed by atoms with Crippen molar-refractivity contribution in [3.05, 3.63) is 0 Å². The smallest absolute Gasteiger partial charge is 0.407 e. The first-order valence-electron chi connectivity index (χ1n) is 16.0. The zero-order valence-electron chi connectivity index (χ0n) is 26.8. The van der Waals surface area contributed by atoms with E-state index in [0.29, 0.717) is 35.9 Å². The molecular weight excluding hydrogens is 488 g/mol. The number of carbonyl (C=O) groups is 2. The molecule has 6 nitrogen and oxygen atoms in total. The topological polar surface area (TPSA) is 76.7 Å². The van der Waals surface area contributed by atoms with Crippen LogP contribution in [0.2, 0.25) is 0 Å². The molecule has 2 fully saturated rings. The maximum Gasteiger partial charge on any atom is 0.407 e. The van der Waals surface area contributed by atoms with Crippen LogP contribution >= 0.6 is 0 Å². The number of alkyl carbamates (subject to hydrolysis) is 2. The quantitative estimate of drug-likeness (QED) is 0.238. The predicted octanol–water partition coefficient (Wildman–Crippen LogP) is 9.02. The van der Waals surface area contributed by atoms with Gasteiger partial charge in [0.2, 0.25) is 0 Å². The maximum atomic E-state index is 12.3. The molecule has 0 aromatic rings. The first-order chi connectivity index (χ1) is 18.2. The average molecular weight is 551 g/mol. The number of amides is 2. The molecule has 2 saturated carbocycles. The SMILES string of the molecule is CC(C)(C)CCCCOC(=O)NC1CCC(C(C)(C)C2CCC(NC(=O)OCCCCC(C)(C)C)CC2)CC1. The van der Waals surface area contributed by atoms with Crippen molar-refractivity contribution in [1.82, 2.24) is 10.6 Å². The van der Waals surface area contributed by atoms with E-state index in [1.165, 1.54) is 0 Å². The lowest BCUT2D eigenvalue weighted by molar-refractivity contribution is 0.0455. The number of carbonyl (C=O) groups excluding carboxylic acids is 2. The van der Waals surface area contributed by atoms with Crippen LogP contribution in [0.5, 0.6) is 0 Å². The molecular formula is C33H62N2O4. The molecule has 2 amide bonds. The fourth-order valence-electron chi connectivity index (χ4n) is 6.56. The van der Waals surface area contributed by atoms with Gasteiger partial charge in [0.05, 0.1) is 13.2 Å². The molecule has 0 aromatic carbocycles. The highest BCUT2D eigenvalue weighted by molar-refractivity contribution is 5.67. The first kappa shape index (κ1) is 33.7. The molecule has 0 saturated heterocycles. The second kappa shape index (κ2) is 15.5. The van der Waals surface area contributed by atoms with E-state index in [1.807, 2.05) is 0 Å². The van der Waals surface area contributed by atoms with Gasteiger partial charge in [0.25, 0.3) is 0 Å². The van der Waals surface area contributed by atoms with Gasteiger partial charge in [-0.2, -0.15) is 0 Å². The van der Waals surface area contributed by atoms with Crippen LogP contribution in [-0.2, 0) is 9.47 Å². The van der Waals surface area contributed by atoms with E-state index < -0.39 is 0 Å². The third-order valence-electron chi connectivity index (χ3n) is 9.31. The lowest BCUT2D eigenvalue weighted by atomic mass is 9.60. The Bertz CT molecular complexity index is 661. The Kier molecular flexibility index (Phi) is 13.4. The van der Waals surface area contributed by atoms with Crippen LogP contribution in [0.3, 0.4) is 0 Å². The minimum atomic E-state index is -0.247. The van der Waals surface area contributed by atoms with E-state index in [1.54, 1.807) is 0 Å². The number of unbranched alkanes of at least 4 members (excludes halogenated alkanes) is 2. The van der Waals surface area contributed by atoms with E-state index in [2.05, 4.69) is 66.0 Å². The van der Waals surface area contributed by atoms with Gasteiger partial charge in [-0.25, -0.2) is 9.59 Å². The first-order valence-corrected chi connectivity index (χ1v) is 16.0. The van der Waals surface area contributed by atoms with Gasteiger partial charge in [0.15, 0.2) is 0 Å². The van der Waals surface area contributed by atoms with E-state index in [4.69, 9.17) is 9.47 Å². The third-order valence-corrected chi connectivity index (χ3v) is 9.31. The Morgan fingerprint density at radius 1 is 0.564 bits per heavy atom. The van der Waals surface area contributed by atoms with Gasteiger partial charge in [-0.05, 0) is 118 Å². The lowest BCUT2D eigenvalue weighted by Crippen LogP contribution is -2.44. The van der Waals surface area contributed by atoms with Crippen LogP contribution in [0, 0.1) is 28.1 Å². The summed E-state index contributed by atoms with van der Waals surface area (Å²) in [6.07, 6.45) is 14.6. The Balaban J connectivity index is 1.61. The van der Waals surface area contributed by atoms with Crippen molar-refractivity contribution in [3.63, 3.8) is 0 Å². The van der Waals surface area contributed by atoms with Crippen molar-refractivity contribution < 1.29 is 19.1 Å². The standard InChI is InChI=1S/C33H62N2O4/c1-31(2,3)21-9-11-23-38-29(36)34-27-17-13-25(14-18-27)33(7,8)26-15-19-28(20-16-26)35-30(37)39-24-12-10-22-32(4,5)6/h25-28H,9-24H2,1-8H3,(H,34,36)(H,35,37). The van der Waals surface area contributed by atoms with Gasteiger partial charge >= 0.3 is 12.2 Å². The molecule has 2 aliphatic rings. The zero-order valence-corrected chi connectivity index (χ0v) is 26.8. The Morgan fingerprint density at radius 3 is 1.21 bits per heavy atom. The summed E-state index contributed by atoms with van der Waals surface area (Å²) in [7, 11) is 0. The molecule has 0 unspecified atom stereocenters. The molecule has 0 radical (unpaired) electrons. The summed E-state index contributed by atoms with van der Waals surface area (Å²) >= 11 is 0. The molecule has 39 heavy (non-hydrogen) atoms. The second-order valence-electron chi connectivity index (χ2n) is 15.5. The molecule has 2 aliphatic carbocycles. The number of hydrogen-bond acceptors (Lipinski definition) is 4. The Hall–Kier alpha value is -1.46. The van der Waals surface area contributed by atoms with E-state index in [9.17, 15) is 9.59 Å². The van der Waals surface area contributed by atoms with Crippen LogP contribution < -0.4 is 10.6 Å². The van der Waals surface area contributed by atoms with Crippen LogP contribution in [0.25, 0.3) is 0 Å². The summed E-state index contributed by atoms with van der Waals surface area (Å²) in [6, 6.07) is 0.470. The van der Waals surface area contributed by atoms with Gasteiger partial charge in [-0.3, -0.25) is 0 Å². The largest absolute Gasteiger partial charge is 0.450 e. The highest BCUT2D eigenvalue weighted by atomic mass is 16.6. The fraction of sp³-hybridized carbons (Fsp3) is 0.939.